The molecule has 0 bridgehead atoms. The first-order valence-electron chi connectivity index (χ1n) is 17.3. The number of carbonyl (C=O) groups excluding carboxylic acids is 3. The van der Waals surface area contributed by atoms with Crippen molar-refractivity contribution in [1.82, 2.24) is 9.80 Å². The fraction of sp³-hybridized carbons (Fsp3) is 0.806. The molecule has 0 spiro atoms. The van der Waals surface area contributed by atoms with Gasteiger partial charge in [-0.15, -0.1) is 0 Å². The zero-order valence-electron chi connectivity index (χ0n) is 30.2. The summed E-state index contributed by atoms with van der Waals surface area (Å²) < 4.78 is 23.9. The molecule has 1 saturated heterocycles. The van der Waals surface area contributed by atoms with E-state index in [1.54, 1.807) is 26.2 Å². The average molecular weight is 667 g/mol. The van der Waals surface area contributed by atoms with Gasteiger partial charge in [0.2, 0.25) is 0 Å². The minimum absolute atomic E-state index is 0.0680. The number of allylic oxidation sites excluding steroid dienone is 3. The number of ether oxygens (including phenoxy) is 4. The molecule has 0 aromatic heterocycles. The summed E-state index contributed by atoms with van der Waals surface area (Å²) in [6.45, 7) is 14.2. The monoisotopic (exact) mass is 666 g/mol. The van der Waals surface area contributed by atoms with Crippen molar-refractivity contribution >= 4 is 18.0 Å². The van der Waals surface area contributed by atoms with Gasteiger partial charge < -0.3 is 43.8 Å². The van der Waals surface area contributed by atoms with Gasteiger partial charge in [0.1, 0.15) is 18.5 Å². The number of hydrogen-bond acceptors (Lipinski definition) is 11. The Bertz CT molecular complexity index is 1030. The quantitative estimate of drug-likeness (QED) is 0.234. The van der Waals surface area contributed by atoms with Gasteiger partial charge in [-0.25, -0.2) is 0 Å². The summed E-state index contributed by atoms with van der Waals surface area (Å²) in [5, 5.41) is 22.7. The Kier molecular flexibility index (Phi) is 18.0. The highest BCUT2D eigenvalue weighted by molar-refractivity contribution is 5.91. The standard InChI is InChI=1S/C36H62N2O9/c1-10-32-28(22-38(11-2)15-17-44-9)18-23(3)12-13-30(40)24(4)19-27(14-16-39)35(26(6)31(41)21-33(42)46-32)47-36-34(43)29(37(7)8)20-25(5)45-36/h12-13,16,18,24-29,31-32,34-36,41,43H,10-11,14-15,17,19-22H2,1-9H3/b13-12-,23-18+. The lowest BCUT2D eigenvalue weighted by Crippen LogP contribution is -2.56. The Morgan fingerprint density at radius 2 is 1.79 bits per heavy atom. The molecule has 0 aliphatic carbocycles. The molecule has 0 aromatic rings. The molecule has 11 unspecified atom stereocenters. The summed E-state index contributed by atoms with van der Waals surface area (Å²) in [6, 6.07) is -0.228. The highest BCUT2D eigenvalue weighted by atomic mass is 16.7. The van der Waals surface area contributed by atoms with E-state index < -0.39 is 54.4 Å². The summed E-state index contributed by atoms with van der Waals surface area (Å²) in [4.78, 5) is 42.9. The van der Waals surface area contributed by atoms with E-state index in [1.807, 2.05) is 52.8 Å². The third kappa shape index (κ3) is 12.8. The Labute approximate surface area is 282 Å². The van der Waals surface area contributed by atoms with Crippen molar-refractivity contribution in [2.24, 2.45) is 23.7 Å². The van der Waals surface area contributed by atoms with Crippen molar-refractivity contribution in [2.45, 2.75) is 116 Å². The average Bonchev–Trinajstić information content (AvgIpc) is 3.02. The molecule has 0 radical (unpaired) electrons. The molecule has 270 valence electrons. The van der Waals surface area contributed by atoms with Gasteiger partial charge in [-0.1, -0.05) is 45.4 Å². The smallest absolute Gasteiger partial charge is 0.308 e. The molecule has 0 amide bonds. The molecule has 11 nitrogen and oxygen atoms in total. The van der Waals surface area contributed by atoms with E-state index in [-0.39, 0.29) is 36.7 Å². The van der Waals surface area contributed by atoms with Gasteiger partial charge in [0.15, 0.2) is 12.1 Å². The van der Waals surface area contributed by atoms with Gasteiger partial charge in [-0.2, -0.15) is 0 Å². The number of aliphatic hydroxyl groups excluding tert-OH is 2. The van der Waals surface area contributed by atoms with E-state index in [4.69, 9.17) is 18.9 Å². The number of cyclic esters (lactones) is 1. The molecule has 1 fully saturated rings. The molecule has 0 aromatic carbocycles. The van der Waals surface area contributed by atoms with Crippen LogP contribution in [-0.4, -0.2) is 128 Å². The van der Waals surface area contributed by atoms with Crippen LogP contribution in [0.5, 0.6) is 0 Å². The van der Waals surface area contributed by atoms with Crippen LogP contribution in [0.3, 0.4) is 0 Å². The minimum Gasteiger partial charge on any atom is -0.462 e. The molecule has 2 aliphatic rings. The highest BCUT2D eigenvalue weighted by Crippen LogP contribution is 2.34. The molecule has 11 atom stereocenters. The van der Waals surface area contributed by atoms with Gasteiger partial charge in [0, 0.05) is 50.4 Å². The van der Waals surface area contributed by atoms with Crippen molar-refractivity contribution < 1.29 is 43.5 Å². The lowest BCUT2D eigenvalue weighted by molar-refractivity contribution is -0.283. The maximum Gasteiger partial charge on any atom is 0.308 e. The first-order valence-corrected chi connectivity index (χ1v) is 17.3. The summed E-state index contributed by atoms with van der Waals surface area (Å²) in [5.74, 6) is -2.38. The molecule has 2 heterocycles. The molecular formula is C36H62N2O9. The number of ketones is 1. The second-order valence-electron chi connectivity index (χ2n) is 13.7. The van der Waals surface area contributed by atoms with Gasteiger partial charge in [0.25, 0.3) is 0 Å². The zero-order valence-corrected chi connectivity index (χ0v) is 30.2. The van der Waals surface area contributed by atoms with Crippen LogP contribution in [0.25, 0.3) is 0 Å². The van der Waals surface area contributed by atoms with E-state index >= 15 is 0 Å². The number of aldehydes is 1. The van der Waals surface area contributed by atoms with E-state index in [1.165, 1.54) is 0 Å². The predicted molar refractivity (Wildman–Crippen MR) is 181 cm³/mol. The first-order chi connectivity index (χ1) is 22.3. The summed E-state index contributed by atoms with van der Waals surface area (Å²) in [5.41, 5.74) is 0.868. The molecule has 47 heavy (non-hydrogen) atoms. The van der Waals surface area contributed by atoms with E-state index in [0.717, 1.165) is 24.9 Å². The minimum atomic E-state index is -1.18. The largest absolute Gasteiger partial charge is 0.462 e. The topological polar surface area (TPSA) is 135 Å². The molecule has 11 heteroatoms. The summed E-state index contributed by atoms with van der Waals surface area (Å²) in [7, 11) is 5.43. The van der Waals surface area contributed by atoms with Crippen LogP contribution in [0.4, 0.5) is 0 Å². The third-order valence-corrected chi connectivity index (χ3v) is 9.75. The van der Waals surface area contributed by atoms with E-state index in [9.17, 15) is 24.6 Å². The van der Waals surface area contributed by atoms with Crippen LogP contribution in [0.15, 0.2) is 23.8 Å². The van der Waals surface area contributed by atoms with Crippen LogP contribution < -0.4 is 0 Å². The number of rotatable bonds is 12. The maximum absolute atomic E-state index is 13.4. The van der Waals surface area contributed by atoms with Crippen molar-refractivity contribution in [3.8, 4) is 0 Å². The van der Waals surface area contributed by atoms with Crippen LogP contribution in [0.1, 0.15) is 73.6 Å². The van der Waals surface area contributed by atoms with Crippen molar-refractivity contribution in [3.05, 3.63) is 23.8 Å². The number of methoxy groups -OCH3 is 1. The molecule has 0 saturated carbocycles. The first kappa shape index (κ1) is 41.2. The second kappa shape index (κ2) is 20.5. The van der Waals surface area contributed by atoms with Crippen molar-refractivity contribution in [2.75, 3.05) is 47.4 Å². The Hall–Kier alpha value is -1.99. The Balaban J connectivity index is 2.51. The fourth-order valence-electron chi connectivity index (χ4n) is 6.74. The van der Waals surface area contributed by atoms with Crippen LogP contribution in [0.2, 0.25) is 0 Å². The molecule has 2 rings (SSSR count). The molecular weight excluding hydrogens is 604 g/mol. The summed E-state index contributed by atoms with van der Waals surface area (Å²) >= 11 is 0. The van der Waals surface area contributed by atoms with Gasteiger partial charge in [-0.05, 0) is 65.7 Å². The van der Waals surface area contributed by atoms with Crippen molar-refractivity contribution in [1.29, 1.82) is 0 Å². The molecule has 2 N–H and O–H groups in total. The second-order valence-corrected chi connectivity index (χ2v) is 13.7. The fourth-order valence-corrected chi connectivity index (χ4v) is 6.74. The Morgan fingerprint density at radius 1 is 1.09 bits per heavy atom. The van der Waals surface area contributed by atoms with E-state index in [2.05, 4.69) is 11.8 Å². The predicted octanol–water partition coefficient (Wildman–Crippen LogP) is 3.41. The van der Waals surface area contributed by atoms with Gasteiger partial charge in [-0.3, -0.25) is 9.59 Å². The number of nitrogens with zero attached hydrogens (tertiary/aromatic N) is 2. The number of esters is 1. The number of aliphatic hydroxyl groups is 2. The lowest BCUT2D eigenvalue weighted by Gasteiger charge is -2.44. The van der Waals surface area contributed by atoms with Crippen LogP contribution in [-0.2, 0) is 33.3 Å². The number of likely N-dealkylation sites (N-methyl/N-ethyl adjacent to an activating group) is 2. The highest BCUT2D eigenvalue weighted by Gasteiger charge is 2.43. The third-order valence-electron chi connectivity index (χ3n) is 9.75. The van der Waals surface area contributed by atoms with Crippen LogP contribution in [0, 0.1) is 23.7 Å². The summed E-state index contributed by atoms with van der Waals surface area (Å²) in [6.07, 6.45) is 2.79. The molecule has 2 aliphatic heterocycles. The zero-order chi connectivity index (χ0) is 35.3. The normalized spacial score (nSPS) is 37.0. The SMILES string of the molecule is CCC1OC(=O)CC(O)C(C)C(OC2OC(C)CC(N(C)C)C2O)C(CC=O)CC(C)C(=O)/C=C\C(C)=C\C1CN(CC)CCOC. The van der Waals surface area contributed by atoms with Crippen molar-refractivity contribution in [3.63, 3.8) is 0 Å². The number of hydrogen-bond donors (Lipinski definition) is 2. The number of carbonyl (C=O) groups is 3. The lowest BCUT2D eigenvalue weighted by atomic mass is 9.79. The van der Waals surface area contributed by atoms with Crippen LogP contribution >= 0.6 is 0 Å². The van der Waals surface area contributed by atoms with Gasteiger partial charge >= 0.3 is 5.97 Å². The van der Waals surface area contributed by atoms with E-state index in [0.29, 0.717) is 32.4 Å². The Morgan fingerprint density at radius 3 is 2.38 bits per heavy atom. The van der Waals surface area contributed by atoms with Gasteiger partial charge in [0.05, 0.1) is 31.3 Å². The maximum atomic E-state index is 13.4.